The van der Waals surface area contributed by atoms with Crippen LogP contribution >= 0.6 is 0 Å². The summed E-state index contributed by atoms with van der Waals surface area (Å²) in [6.45, 7) is 0.920. The second-order valence-electron chi connectivity index (χ2n) is 3.27. The molecule has 1 saturated heterocycles. The lowest BCUT2D eigenvalue weighted by atomic mass is 10.2. The zero-order chi connectivity index (χ0) is 9.80. The summed E-state index contributed by atoms with van der Waals surface area (Å²) in [6.07, 6.45) is 6.56. The fourth-order valence-corrected chi connectivity index (χ4v) is 1.50. The molecule has 5 heteroatoms. The van der Waals surface area contributed by atoms with Crippen molar-refractivity contribution < 1.29 is 4.79 Å². The number of amides is 1. The number of nitrogens with one attached hydrogen (secondary N) is 2. The van der Waals surface area contributed by atoms with Gasteiger partial charge in [-0.05, 0) is 19.4 Å². The maximum atomic E-state index is 11.6. The zero-order valence-corrected chi connectivity index (χ0v) is 7.73. The van der Waals surface area contributed by atoms with Gasteiger partial charge in [-0.25, -0.2) is 9.97 Å². The molecule has 2 N–H and O–H groups in total. The first-order chi connectivity index (χ1) is 6.86. The lowest BCUT2D eigenvalue weighted by molar-refractivity contribution is -0.117. The molecule has 1 aromatic heterocycles. The van der Waals surface area contributed by atoms with E-state index in [2.05, 4.69) is 20.6 Å². The Morgan fingerprint density at radius 3 is 2.93 bits per heavy atom. The van der Waals surface area contributed by atoms with Crippen LogP contribution in [0, 0.1) is 0 Å². The fraction of sp³-hybridized carbons (Fsp3) is 0.444. The Labute approximate surface area is 82.0 Å². The van der Waals surface area contributed by atoms with Crippen molar-refractivity contribution in [3.8, 4) is 0 Å². The van der Waals surface area contributed by atoms with Gasteiger partial charge in [-0.15, -0.1) is 0 Å². The van der Waals surface area contributed by atoms with E-state index in [1.165, 1.54) is 6.33 Å². The highest BCUT2D eigenvalue weighted by atomic mass is 16.2. The molecule has 74 valence electrons. The third kappa shape index (κ3) is 2.05. The van der Waals surface area contributed by atoms with E-state index in [4.69, 9.17) is 0 Å². The van der Waals surface area contributed by atoms with E-state index in [9.17, 15) is 4.79 Å². The predicted molar refractivity (Wildman–Crippen MR) is 51.7 cm³/mol. The van der Waals surface area contributed by atoms with Crippen LogP contribution in [-0.4, -0.2) is 28.5 Å². The van der Waals surface area contributed by atoms with E-state index in [0.717, 1.165) is 19.4 Å². The first-order valence-electron chi connectivity index (χ1n) is 4.65. The van der Waals surface area contributed by atoms with Crippen LogP contribution in [0.2, 0.25) is 0 Å². The maximum Gasteiger partial charge on any atom is 0.241 e. The maximum absolute atomic E-state index is 11.6. The van der Waals surface area contributed by atoms with E-state index in [1.807, 2.05) is 0 Å². The Morgan fingerprint density at radius 2 is 2.29 bits per heavy atom. The molecule has 0 aromatic carbocycles. The molecule has 1 aromatic rings. The van der Waals surface area contributed by atoms with Crippen LogP contribution in [0.1, 0.15) is 12.8 Å². The van der Waals surface area contributed by atoms with E-state index >= 15 is 0 Å². The average Bonchev–Trinajstić information content (AvgIpc) is 2.72. The number of anilines is 1. The Kier molecular flexibility index (Phi) is 2.69. The van der Waals surface area contributed by atoms with Gasteiger partial charge in [-0.2, -0.15) is 0 Å². The van der Waals surface area contributed by atoms with Crippen molar-refractivity contribution in [3.05, 3.63) is 18.7 Å². The third-order valence-electron chi connectivity index (χ3n) is 2.20. The molecular weight excluding hydrogens is 180 g/mol. The highest BCUT2D eigenvalue weighted by Gasteiger charge is 2.21. The van der Waals surface area contributed by atoms with Crippen molar-refractivity contribution in [2.45, 2.75) is 18.9 Å². The molecule has 0 spiro atoms. The summed E-state index contributed by atoms with van der Waals surface area (Å²) in [5, 5.41) is 5.88. The van der Waals surface area contributed by atoms with Crippen LogP contribution in [0.4, 0.5) is 5.69 Å². The van der Waals surface area contributed by atoms with Crippen LogP contribution in [-0.2, 0) is 4.79 Å². The fourth-order valence-electron chi connectivity index (χ4n) is 1.50. The Morgan fingerprint density at radius 1 is 1.50 bits per heavy atom. The molecule has 0 unspecified atom stereocenters. The number of hydrogen-bond acceptors (Lipinski definition) is 4. The Balaban J connectivity index is 1.94. The van der Waals surface area contributed by atoms with Crippen molar-refractivity contribution in [1.82, 2.24) is 15.3 Å². The molecule has 1 fully saturated rings. The molecule has 1 amide bonds. The molecule has 0 saturated carbocycles. The molecule has 1 aliphatic rings. The third-order valence-corrected chi connectivity index (χ3v) is 2.20. The van der Waals surface area contributed by atoms with Crippen LogP contribution in [0.5, 0.6) is 0 Å². The lowest BCUT2D eigenvalue weighted by Crippen LogP contribution is -2.35. The molecular formula is C9H12N4O. The van der Waals surface area contributed by atoms with E-state index in [1.54, 1.807) is 12.4 Å². The summed E-state index contributed by atoms with van der Waals surface area (Å²) in [5.41, 5.74) is 0.645. The minimum atomic E-state index is -0.0600. The molecule has 2 heterocycles. The molecule has 0 radical (unpaired) electrons. The summed E-state index contributed by atoms with van der Waals surface area (Å²) < 4.78 is 0. The second-order valence-corrected chi connectivity index (χ2v) is 3.27. The van der Waals surface area contributed by atoms with Crippen molar-refractivity contribution >= 4 is 11.6 Å². The molecule has 14 heavy (non-hydrogen) atoms. The molecule has 5 nitrogen and oxygen atoms in total. The van der Waals surface area contributed by atoms with Gasteiger partial charge in [0, 0.05) is 0 Å². The number of rotatable bonds is 2. The van der Waals surface area contributed by atoms with Crippen LogP contribution in [0.15, 0.2) is 18.7 Å². The van der Waals surface area contributed by atoms with Gasteiger partial charge in [-0.1, -0.05) is 0 Å². The largest absolute Gasteiger partial charge is 0.322 e. The minimum absolute atomic E-state index is 0.00250. The van der Waals surface area contributed by atoms with Crippen LogP contribution in [0.25, 0.3) is 0 Å². The van der Waals surface area contributed by atoms with Gasteiger partial charge in [0.05, 0.1) is 24.1 Å². The minimum Gasteiger partial charge on any atom is -0.322 e. The second kappa shape index (κ2) is 4.15. The average molecular weight is 192 g/mol. The molecule has 1 atom stereocenters. The summed E-state index contributed by atoms with van der Waals surface area (Å²) in [5.74, 6) is -0.00250. The molecule has 0 bridgehead atoms. The number of aromatic nitrogens is 2. The lowest BCUT2D eigenvalue weighted by Gasteiger charge is -2.09. The standard InChI is InChI=1S/C9H12N4O/c14-9(8-2-1-3-12-8)13-7-4-10-6-11-5-7/h4-6,8,12H,1-3H2,(H,13,14)/t8-/m0/s1. The Bertz CT molecular complexity index is 308. The smallest absolute Gasteiger partial charge is 0.241 e. The van der Waals surface area contributed by atoms with Crippen molar-refractivity contribution in [1.29, 1.82) is 0 Å². The highest BCUT2D eigenvalue weighted by Crippen LogP contribution is 2.08. The summed E-state index contributed by atoms with van der Waals surface area (Å²) >= 11 is 0. The monoisotopic (exact) mass is 192 g/mol. The summed E-state index contributed by atoms with van der Waals surface area (Å²) in [7, 11) is 0. The van der Waals surface area contributed by atoms with Crippen molar-refractivity contribution in [3.63, 3.8) is 0 Å². The van der Waals surface area contributed by atoms with Crippen LogP contribution in [0.3, 0.4) is 0 Å². The quantitative estimate of drug-likeness (QED) is 0.700. The topological polar surface area (TPSA) is 66.9 Å². The highest BCUT2D eigenvalue weighted by molar-refractivity contribution is 5.94. The summed E-state index contributed by atoms with van der Waals surface area (Å²) in [4.78, 5) is 19.2. The number of hydrogen-bond donors (Lipinski definition) is 2. The van der Waals surface area contributed by atoms with E-state index in [0.29, 0.717) is 5.69 Å². The van der Waals surface area contributed by atoms with Gasteiger partial charge < -0.3 is 10.6 Å². The molecule has 0 aliphatic carbocycles. The van der Waals surface area contributed by atoms with Crippen molar-refractivity contribution in [2.75, 3.05) is 11.9 Å². The van der Waals surface area contributed by atoms with Gasteiger partial charge in [0.15, 0.2) is 0 Å². The van der Waals surface area contributed by atoms with Gasteiger partial charge in [0.1, 0.15) is 6.33 Å². The van der Waals surface area contributed by atoms with Crippen LogP contribution < -0.4 is 10.6 Å². The van der Waals surface area contributed by atoms with E-state index in [-0.39, 0.29) is 11.9 Å². The van der Waals surface area contributed by atoms with Gasteiger partial charge in [0.25, 0.3) is 0 Å². The molecule has 1 aliphatic heterocycles. The summed E-state index contributed by atoms with van der Waals surface area (Å²) in [6, 6.07) is -0.0600. The van der Waals surface area contributed by atoms with Gasteiger partial charge in [0.2, 0.25) is 5.91 Å². The number of carbonyl (C=O) groups excluding carboxylic acids is 1. The zero-order valence-electron chi connectivity index (χ0n) is 7.73. The van der Waals surface area contributed by atoms with Gasteiger partial charge in [-0.3, -0.25) is 4.79 Å². The first kappa shape index (κ1) is 9.08. The molecule has 2 rings (SSSR count). The Hall–Kier alpha value is -1.49. The predicted octanol–water partition coefficient (Wildman–Crippen LogP) is 0.167. The van der Waals surface area contributed by atoms with Gasteiger partial charge >= 0.3 is 0 Å². The normalized spacial score (nSPS) is 20.7. The first-order valence-corrected chi connectivity index (χ1v) is 4.65. The van der Waals surface area contributed by atoms with E-state index < -0.39 is 0 Å². The van der Waals surface area contributed by atoms with Crippen molar-refractivity contribution in [2.24, 2.45) is 0 Å². The number of carbonyl (C=O) groups is 1. The SMILES string of the molecule is O=C(Nc1cncnc1)[C@@H]1CCCN1. The number of nitrogens with zero attached hydrogens (tertiary/aromatic N) is 2.